The van der Waals surface area contributed by atoms with Gasteiger partial charge in [0.15, 0.2) is 0 Å². The van der Waals surface area contributed by atoms with Crippen LogP contribution in [0.15, 0.2) is 28.7 Å². The normalized spacial score (nSPS) is 10.7. The molecule has 0 fully saturated rings. The van der Waals surface area contributed by atoms with Gasteiger partial charge in [0.05, 0.1) is 13.2 Å². The summed E-state index contributed by atoms with van der Waals surface area (Å²) < 4.78 is 11.1. The largest absolute Gasteiger partial charge is 0.382 e. The Bertz CT molecular complexity index is 618. The number of rotatable bonds is 7. The van der Waals surface area contributed by atoms with E-state index in [-0.39, 0.29) is 12.5 Å². The van der Waals surface area contributed by atoms with Gasteiger partial charge in [-0.15, -0.1) is 10.2 Å². The number of nitrogens with zero attached hydrogens (tertiary/aromatic N) is 3. The number of ether oxygens (including phenoxy) is 2. The van der Waals surface area contributed by atoms with E-state index < -0.39 is 0 Å². The van der Waals surface area contributed by atoms with Crippen LogP contribution in [0.1, 0.15) is 0 Å². The highest BCUT2D eigenvalue weighted by atomic mass is 79.9. The molecule has 2 rings (SSSR count). The molecule has 118 valence electrons. The van der Waals surface area contributed by atoms with Gasteiger partial charge in [-0.2, -0.15) is 0 Å². The SMILES string of the molecule is COCCOCC(=O)N(C)c1nnc(-c2ccc(Br)cc2)s1. The number of amides is 1. The number of aromatic nitrogens is 2. The number of benzene rings is 1. The first kappa shape index (κ1) is 17.0. The second kappa shape index (κ2) is 8.33. The standard InChI is InChI=1S/C14H16BrN3O3S/c1-18(12(19)9-21-8-7-20-2)14-17-16-13(22-14)10-3-5-11(15)6-4-10/h3-6H,7-9H2,1-2H3. The van der Waals surface area contributed by atoms with E-state index in [4.69, 9.17) is 9.47 Å². The van der Waals surface area contributed by atoms with Gasteiger partial charge >= 0.3 is 0 Å². The van der Waals surface area contributed by atoms with Crippen LogP contribution < -0.4 is 4.90 Å². The molecule has 6 nitrogen and oxygen atoms in total. The van der Waals surface area contributed by atoms with Crippen LogP contribution in [0.5, 0.6) is 0 Å². The second-order valence-electron chi connectivity index (χ2n) is 4.39. The summed E-state index contributed by atoms with van der Waals surface area (Å²) in [6.07, 6.45) is 0. The predicted octanol–water partition coefficient (Wildman–Crippen LogP) is 2.59. The Balaban J connectivity index is 1.98. The molecule has 0 aliphatic rings. The van der Waals surface area contributed by atoms with Crippen LogP contribution in [-0.2, 0) is 14.3 Å². The summed E-state index contributed by atoms with van der Waals surface area (Å²) in [5.74, 6) is -0.172. The van der Waals surface area contributed by atoms with Crippen molar-refractivity contribution in [2.24, 2.45) is 0 Å². The fourth-order valence-corrected chi connectivity index (χ4v) is 2.66. The van der Waals surface area contributed by atoms with Gasteiger partial charge in [-0.25, -0.2) is 0 Å². The maximum absolute atomic E-state index is 12.0. The number of methoxy groups -OCH3 is 1. The van der Waals surface area contributed by atoms with Gasteiger partial charge in [0, 0.05) is 24.2 Å². The van der Waals surface area contributed by atoms with Crippen molar-refractivity contribution in [2.45, 2.75) is 0 Å². The third-order valence-corrected chi connectivity index (χ3v) is 4.40. The zero-order valence-corrected chi connectivity index (χ0v) is 14.7. The fourth-order valence-electron chi connectivity index (χ4n) is 1.57. The topological polar surface area (TPSA) is 64.6 Å². The molecule has 0 unspecified atom stereocenters. The molecule has 22 heavy (non-hydrogen) atoms. The Hall–Kier alpha value is -1.35. The monoisotopic (exact) mass is 385 g/mol. The summed E-state index contributed by atoms with van der Waals surface area (Å²) in [4.78, 5) is 13.4. The zero-order chi connectivity index (χ0) is 15.9. The van der Waals surface area contributed by atoms with Gasteiger partial charge in [-0.1, -0.05) is 39.4 Å². The molecule has 2 aromatic rings. The molecule has 8 heteroatoms. The van der Waals surface area contributed by atoms with Crippen molar-refractivity contribution in [2.75, 3.05) is 38.9 Å². The lowest BCUT2D eigenvalue weighted by Gasteiger charge is -2.12. The van der Waals surface area contributed by atoms with Crippen molar-refractivity contribution in [3.8, 4) is 10.6 Å². The van der Waals surface area contributed by atoms with Crippen LogP contribution in [0.2, 0.25) is 0 Å². The average Bonchev–Trinajstić information content (AvgIpc) is 3.01. The molecule has 0 spiro atoms. The molecule has 1 heterocycles. The Morgan fingerprint density at radius 1 is 1.27 bits per heavy atom. The molecule has 1 aromatic heterocycles. The first-order valence-electron chi connectivity index (χ1n) is 6.54. The molecule has 0 aliphatic heterocycles. The van der Waals surface area contributed by atoms with Gasteiger partial charge in [-0.05, 0) is 12.1 Å². The molecule has 0 atom stereocenters. The predicted molar refractivity (Wildman–Crippen MR) is 89.2 cm³/mol. The third kappa shape index (κ3) is 4.57. The number of carbonyl (C=O) groups excluding carboxylic acids is 1. The summed E-state index contributed by atoms with van der Waals surface area (Å²) in [5.41, 5.74) is 0.962. The van der Waals surface area contributed by atoms with Gasteiger partial charge in [-0.3, -0.25) is 9.69 Å². The second-order valence-corrected chi connectivity index (χ2v) is 6.27. The van der Waals surface area contributed by atoms with Crippen LogP contribution in [0.25, 0.3) is 10.6 Å². The summed E-state index contributed by atoms with van der Waals surface area (Å²) in [6, 6.07) is 7.78. The van der Waals surface area contributed by atoms with Crippen molar-refractivity contribution in [3.05, 3.63) is 28.7 Å². The molecular formula is C14H16BrN3O3S. The molecule has 0 bridgehead atoms. The van der Waals surface area contributed by atoms with Crippen molar-refractivity contribution in [1.29, 1.82) is 0 Å². The Kier molecular flexibility index (Phi) is 6.44. The minimum Gasteiger partial charge on any atom is -0.382 e. The summed E-state index contributed by atoms with van der Waals surface area (Å²) in [5, 5.41) is 9.50. The van der Waals surface area contributed by atoms with E-state index in [9.17, 15) is 4.79 Å². The van der Waals surface area contributed by atoms with Crippen LogP contribution in [0.4, 0.5) is 5.13 Å². The minimum absolute atomic E-state index is 0.00689. The maximum Gasteiger partial charge on any atom is 0.254 e. The lowest BCUT2D eigenvalue weighted by molar-refractivity contribution is -0.123. The molecule has 0 radical (unpaired) electrons. The molecule has 0 aliphatic carbocycles. The maximum atomic E-state index is 12.0. The number of hydrogen-bond donors (Lipinski definition) is 0. The van der Waals surface area contributed by atoms with Crippen LogP contribution in [0, 0.1) is 0 Å². The third-order valence-electron chi connectivity index (χ3n) is 2.82. The Morgan fingerprint density at radius 2 is 2.00 bits per heavy atom. The number of hydrogen-bond acceptors (Lipinski definition) is 6. The van der Waals surface area contributed by atoms with Gasteiger partial charge < -0.3 is 9.47 Å². The molecule has 1 aromatic carbocycles. The van der Waals surface area contributed by atoms with Crippen molar-refractivity contribution in [1.82, 2.24) is 10.2 Å². The summed E-state index contributed by atoms with van der Waals surface area (Å²) in [7, 11) is 3.25. The molecular weight excluding hydrogens is 370 g/mol. The van der Waals surface area contributed by atoms with Gasteiger partial charge in [0.2, 0.25) is 5.13 Å². The van der Waals surface area contributed by atoms with Gasteiger partial charge in [0.25, 0.3) is 5.91 Å². The fraction of sp³-hybridized carbons (Fsp3) is 0.357. The molecule has 0 N–H and O–H groups in total. The van der Waals surface area contributed by atoms with Crippen molar-refractivity contribution in [3.63, 3.8) is 0 Å². The van der Waals surface area contributed by atoms with Crippen LogP contribution in [0.3, 0.4) is 0 Å². The van der Waals surface area contributed by atoms with E-state index in [0.717, 1.165) is 15.0 Å². The van der Waals surface area contributed by atoms with Crippen molar-refractivity contribution >= 4 is 38.3 Å². The highest BCUT2D eigenvalue weighted by Gasteiger charge is 2.16. The Labute approximate surface area is 141 Å². The van der Waals surface area contributed by atoms with Gasteiger partial charge in [0.1, 0.15) is 11.6 Å². The minimum atomic E-state index is -0.172. The smallest absolute Gasteiger partial charge is 0.254 e. The first-order chi connectivity index (χ1) is 10.6. The first-order valence-corrected chi connectivity index (χ1v) is 8.15. The molecule has 1 amide bonds. The highest BCUT2D eigenvalue weighted by Crippen LogP contribution is 2.28. The molecule has 0 saturated heterocycles. The zero-order valence-electron chi connectivity index (χ0n) is 12.3. The van der Waals surface area contributed by atoms with Crippen molar-refractivity contribution < 1.29 is 14.3 Å². The van der Waals surface area contributed by atoms with E-state index in [1.165, 1.54) is 16.2 Å². The number of likely N-dealkylation sites (N-methyl/N-ethyl adjacent to an activating group) is 1. The van der Waals surface area contributed by atoms with E-state index in [1.54, 1.807) is 14.2 Å². The van der Waals surface area contributed by atoms with E-state index in [0.29, 0.717) is 18.3 Å². The summed E-state index contributed by atoms with van der Waals surface area (Å²) >= 11 is 4.75. The van der Waals surface area contributed by atoms with Crippen LogP contribution >= 0.6 is 27.3 Å². The Morgan fingerprint density at radius 3 is 2.68 bits per heavy atom. The quantitative estimate of drug-likeness (QED) is 0.685. The van der Waals surface area contributed by atoms with Crippen LogP contribution in [-0.4, -0.2) is 50.1 Å². The lowest BCUT2D eigenvalue weighted by Crippen LogP contribution is -2.30. The van der Waals surface area contributed by atoms with E-state index in [1.807, 2.05) is 24.3 Å². The number of halogens is 1. The summed E-state index contributed by atoms with van der Waals surface area (Å²) in [6.45, 7) is 0.840. The molecule has 0 saturated carbocycles. The average molecular weight is 386 g/mol. The lowest BCUT2D eigenvalue weighted by atomic mass is 10.2. The van der Waals surface area contributed by atoms with E-state index in [2.05, 4.69) is 26.1 Å². The highest BCUT2D eigenvalue weighted by molar-refractivity contribution is 9.10. The van der Waals surface area contributed by atoms with E-state index >= 15 is 0 Å². The number of carbonyl (C=O) groups is 1. The number of anilines is 1.